The smallest absolute Gasteiger partial charge is 0.134 e. The van der Waals surface area contributed by atoms with Gasteiger partial charge in [0, 0.05) is 19.2 Å². The summed E-state index contributed by atoms with van der Waals surface area (Å²) in [6.07, 6.45) is 3.74. The van der Waals surface area contributed by atoms with Gasteiger partial charge in [-0.25, -0.2) is 9.97 Å². The molecule has 100 valence electrons. The van der Waals surface area contributed by atoms with Crippen LogP contribution in [0.4, 0.5) is 11.6 Å². The van der Waals surface area contributed by atoms with Gasteiger partial charge in [-0.15, -0.1) is 0 Å². The molecule has 1 atom stereocenters. The minimum absolute atomic E-state index is 0.193. The van der Waals surface area contributed by atoms with Gasteiger partial charge in [0.05, 0.1) is 12.6 Å². The molecule has 1 aliphatic rings. The molecule has 0 amide bonds. The van der Waals surface area contributed by atoms with Gasteiger partial charge in [-0.1, -0.05) is 13.8 Å². The van der Waals surface area contributed by atoms with Gasteiger partial charge in [-0.2, -0.15) is 0 Å². The van der Waals surface area contributed by atoms with Gasteiger partial charge in [-0.05, 0) is 18.8 Å². The number of hydrogen-bond acceptors (Lipinski definition) is 5. The molecule has 0 aromatic carbocycles. The predicted molar refractivity (Wildman–Crippen MR) is 72.8 cm³/mol. The zero-order chi connectivity index (χ0) is 13.0. The van der Waals surface area contributed by atoms with Gasteiger partial charge in [0.25, 0.3) is 0 Å². The largest absolute Gasteiger partial charge is 0.394 e. The monoisotopic (exact) mass is 250 g/mol. The van der Waals surface area contributed by atoms with Crippen LogP contribution in [0.25, 0.3) is 0 Å². The van der Waals surface area contributed by atoms with Gasteiger partial charge < -0.3 is 15.3 Å². The van der Waals surface area contributed by atoms with E-state index in [-0.39, 0.29) is 12.6 Å². The highest BCUT2D eigenvalue weighted by Gasteiger charge is 2.24. The molecule has 1 aliphatic heterocycles. The normalized spacial score (nSPS) is 19.6. The van der Waals surface area contributed by atoms with Crippen LogP contribution in [0.2, 0.25) is 0 Å². The molecule has 2 heterocycles. The molecule has 5 heteroatoms. The Morgan fingerprint density at radius 2 is 2.33 bits per heavy atom. The number of anilines is 2. The number of aliphatic hydroxyl groups excluding tert-OH is 1. The topological polar surface area (TPSA) is 61.3 Å². The lowest BCUT2D eigenvalue weighted by Gasteiger charge is -2.24. The molecule has 1 aromatic heterocycles. The first kappa shape index (κ1) is 13.1. The maximum atomic E-state index is 9.34. The Balaban J connectivity index is 2.06. The zero-order valence-electron chi connectivity index (χ0n) is 11.1. The Labute approximate surface area is 108 Å². The van der Waals surface area contributed by atoms with Crippen LogP contribution in [-0.4, -0.2) is 40.8 Å². The molecule has 0 aliphatic carbocycles. The van der Waals surface area contributed by atoms with E-state index in [0.717, 1.165) is 37.6 Å². The third-order valence-electron chi connectivity index (χ3n) is 3.23. The van der Waals surface area contributed by atoms with E-state index >= 15 is 0 Å². The van der Waals surface area contributed by atoms with Crippen molar-refractivity contribution in [2.75, 3.05) is 29.9 Å². The second-order valence-electron chi connectivity index (χ2n) is 5.21. The molecule has 1 fully saturated rings. The Bertz CT molecular complexity index is 383. The predicted octanol–water partition coefficient (Wildman–Crippen LogP) is 1.51. The van der Waals surface area contributed by atoms with E-state index in [1.54, 1.807) is 6.33 Å². The SMILES string of the molecule is CC(C)CNc1cc(N2CCC[C@@H]2CO)ncn1. The van der Waals surface area contributed by atoms with Gasteiger partial charge in [0.2, 0.25) is 0 Å². The minimum Gasteiger partial charge on any atom is -0.394 e. The lowest BCUT2D eigenvalue weighted by atomic mass is 10.2. The van der Waals surface area contributed by atoms with Crippen molar-refractivity contribution in [2.24, 2.45) is 5.92 Å². The second-order valence-corrected chi connectivity index (χ2v) is 5.21. The number of rotatable bonds is 5. The van der Waals surface area contributed by atoms with Gasteiger partial charge in [0.1, 0.15) is 18.0 Å². The number of aliphatic hydroxyl groups is 1. The molecular weight excluding hydrogens is 228 g/mol. The number of hydrogen-bond donors (Lipinski definition) is 2. The van der Waals surface area contributed by atoms with Crippen LogP contribution in [0, 0.1) is 5.92 Å². The van der Waals surface area contributed by atoms with E-state index in [1.807, 2.05) is 6.07 Å². The average Bonchev–Trinajstić information content (AvgIpc) is 2.85. The van der Waals surface area contributed by atoms with Crippen LogP contribution in [0.5, 0.6) is 0 Å². The van der Waals surface area contributed by atoms with E-state index in [9.17, 15) is 5.11 Å². The maximum Gasteiger partial charge on any atom is 0.134 e. The van der Waals surface area contributed by atoms with Gasteiger partial charge in [0.15, 0.2) is 0 Å². The van der Waals surface area contributed by atoms with Crippen molar-refractivity contribution in [3.8, 4) is 0 Å². The summed E-state index contributed by atoms with van der Waals surface area (Å²) in [6, 6.07) is 2.17. The van der Waals surface area contributed by atoms with E-state index in [1.165, 1.54) is 0 Å². The second kappa shape index (κ2) is 6.00. The molecular formula is C13H22N4O. The van der Waals surface area contributed by atoms with Crippen LogP contribution < -0.4 is 10.2 Å². The summed E-state index contributed by atoms with van der Waals surface area (Å²) in [6.45, 7) is 6.39. The molecule has 2 rings (SSSR count). The fraction of sp³-hybridized carbons (Fsp3) is 0.692. The van der Waals surface area contributed by atoms with Crippen molar-refractivity contribution in [3.63, 3.8) is 0 Å². The first-order valence-electron chi connectivity index (χ1n) is 6.64. The van der Waals surface area contributed by atoms with E-state index in [2.05, 4.69) is 34.0 Å². The van der Waals surface area contributed by atoms with Gasteiger partial charge >= 0.3 is 0 Å². The molecule has 0 saturated carbocycles. The molecule has 1 aromatic rings. The van der Waals surface area contributed by atoms with Crippen LogP contribution >= 0.6 is 0 Å². The van der Waals surface area contributed by atoms with Gasteiger partial charge in [-0.3, -0.25) is 0 Å². The summed E-state index contributed by atoms with van der Waals surface area (Å²) in [7, 11) is 0. The molecule has 18 heavy (non-hydrogen) atoms. The first-order valence-corrected chi connectivity index (χ1v) is 6.64. The molecule has 0 bridgehead atoms. The Kier molecular flexibility index (Phi) is 4.36. The molecule has 0 unspecified atom stereocenters. The standard InChI is InChI=1S/C13H22N4O/c1-10(2)7-14-12-6-13(16-9-15-12)17-5-3-4-11(17)8-18/h6,9-11,18H,3-5,7-8H2,1-2H3,(H,14,15,16)/t11-/m1/s1. The van der Waals surface area contributed by atoms with Crippen LogP contribution in [0.3, 0.4) is 0 Å². The molecule has 1 saturated heterocycles. The maximum absolute atomic E-state index is 9.34. The molecule has 0 spiro atoms. The molecule has 5 nitrogen and oxygen atoms in total. The Morgan fingerprint density at radius 1 is 1.50 bits per heavy atom. The fourth-order valence-electron chi connectivity index (χ4n) is 2.24. The zero-order valence-corrected chi connectivity index (χ0v) is 11.1. The quantitative estimate of drug-likeness (QED) is 0.829. The highest BCUT2D eigenvalue weighted by Crippen LogP contribution is 2.24. The lowest BCUT2D eigenvalue weighted by Crippen LogP contribution is -2.32. The van der Waals surface area contributed by atoms with Crippen molar-refractivity contribution in [1.29, 1.82) is 0 Å². The van der Waals surface area contributed by atoms with Crippen molar-refractivity contribution < 1.29 is 5.11 Å². The Hall–Kier alpha value is -1.36. The van der Waals surface area contributed by atoms with Crippen LogP contribution in [-0.2, 0) is 0 Å². The molecule has 2 N–H and O–H groups in total. The Morgan fingerprint density at radius 3 is 3.06 bits per heavy atom. The van der Waals surface area contributed by atoms with Crippen molar-refractivity contribution >= 4 is 11.6 Å². The highest BCUT2D eigenvalue weighted by atomic mass is 16.3. The van der Waals surface area contributed by atoms with E-state index < -0.39 is 0 Å². The first-order chi connectivity index (χ1) is 8.70. The number of aromatic nitrogens is 2. The summed E-state index contributed by atoms with van der Waals surface area (Å²) >= 11 is 0. The third kappa shape index (κ3) is 3.10. The van der Waals surface area contributed by atoms with E-state index in [4.69, 9.17) is 0 Å². The molecule has 0 radical (unpaired) electrons. The summed E-state index contributed by atoms with van der Waals surface area (Å²) in [4.78, 5) is 10.7. The number of nitrogens with one attached hydrogen (secondary N) is 1. The fourth-order valence-corrected chi connectivity index (χ4v) is 2.24. The van der Waals surface area contributed by atoms with E-state index in [0.29, 0.717) is 5.92 Å². The van der Waals surface area contributed by atoms with Crippen molar-refractivity contribution in [3.05, 3.63) is 12.4 Å². The summed E-state index contributed by atoms with van der Waals surface area (Å²) in [5.41, 5.74) is 0. The minimum atomic E-state index is 0.193. The van der Waals surface area contributed by atoms with Crippen molar-refractivity contribution in [2.45, 2.75) is 32.7 Å². The number of nitrogens with zero attached hydrogens (tertiary/aromatic N) is 3. The van der Waals surface area contributed by atoms with Crippen LogP contribution in [0.1, 0.15) is 26.7 Å². The third-order valence-corrected chi connectivity index (χ3v) is 3.23. The summed E-state index contributed by atoms with van der Waals surface area (Å²) in [5.74, 6) is 2.35. The summed E-state index contributed by atoms with van der Waals surface area (Å²) < 4.78 is 0. The average molecular weight is 250 g/mol. The highest BCUT2D eigenvalue weighted by molar-refractivity contribution is 5.49. The summed E-state index contributed by atoms with van der Waals surface area (Å²) in [5, 5.41) is 12.6. The van der Waals surface area contributed by atoms with Crippen LogP contribution in [0.15, 0.2) is 12.4 Å². The van der Waals surface area contributed by atoms with Crippen molar-refractivity contribution in [1.82, 2.24) is 9.97 Å². The lowest BCUT2D eigenvalue weighted by molar-refractivity contribution is 0.266.